The van der Waals surface area contributed by atoms with E-state index in [9.17, 15) is 23.5 Å². The molecule has 0 aliphatic heterocycles. The SMILES string of the molecule is CN(C)C(CCN(C(=O)O)c1ccccc1)Cn1nc(-c2cc(F)cc(F)c2)ccc1=O. The van der Waals surface area contributed by atoms with Gasteiger partial charge in [-0.2, -0.15) is 5.10 Å². The Hall–Kier alpha value is -3.59. The summed E-state index contributed by atoms with van der Waals surface area (Å²) in [5, 5.41) is 13.9. The zero-order valence-electron chi connectivity index (χ0n) is 17.8. The maximum atomic E-state index is 13.6. The highest BCUT2D eigenvalue weighted by atomic mass is 19.1. The van der Waals surface area contributed by atoms with E-state index in [0.717, 1.165) is 18.2 Å². The molecule has 9 heteroatoms. The molecule has 3 aromatic rings. The summed E-state index contributed by atoms with van der Waals surface area (Å²) in [6.45, 7) is 0.394. The van der Waals surface area contributed by atoms with E-state index in [-0.39, 0.29) is 35.9 Å². The van der Waals surface area contributed by atoms with Gasteiger partial charge < -0.3 is 10.0 Å². The van der Waals surface area contributed by atoms with Gasteiger partial charge in [-0.3, -0.25) is 9.69 Å². The molecular weight excluding hydrogens is 418 g/mol. The van der Waals surface area contributed by atoms with Crippen molar-refractivity contribution in [3.63, 3.8) is 0 Å². The summed E-state index contributed by atoms with van der Waals surface area (Å²) in [6, 6.07) is 14.3. The van der Waals surface area contributed by atoms with Crippen LogP contribution in [0.25, 0.3) is 11.3 Å². The molecule has 0 aliphatic carbocycles. The largest absolute Gasteiger partial charge is 0.465 e. The molecular formula is C23H24F2N4O3. The Balaban J connectivity index is 1.81. The van der Waals surface area contributed by atoms with Gasteiger partial charge in [0.15, 0.2) is 0 Å². The fourth-order valence-electron chi connectivity index (χ4n) is 3.37. The molecule has 0 aliphatic rings. The lowest BCUT2D eigenvalue weighted by molar-refractivity contribution is 0.198. The minimum absolute atomic E-state index is 0.180. The molecule has 2 aromatic carbocycles. The highest BCUT2D eigenvalue weighted by Gasteiger charge is 2.20. The number of carbonyl (C=O) groups is 1. The van der Waals surface area contributed by atoms with Gasteiger partial charge in [0.1, 0.15) is 11.6 Å². The second-order valence-electron chi connectivity index (χ2n) is 7.57. The number of carboxylic acid groups (broad SMARTS) is 1. The van der Waals surface area contributed by atoms with Crippen molar-refractivity contribution in [1.29, 1.82) is 0 Å². The van der Waals surface area contributed by atoms with Gasteiger partial charge in [-0.1, -0.05) is 18.2 Å². The Labute approximate surface area is 184 Å². The van der Waals surface area contributed by atoms with Gasteiger partial charge >= 0.3 is 6.09 Å². The molecule has 168 valence electrons. The van der Waals surface area contributed by atoms with E-state index in [1.54, 1.807) is 24.3 Å². The average Bonchev–Trinajstić information content (AvgIpc) is 2.74. The molecule has 0 spiro atoms. The van der Waals surface area contributed by atoms with Crippen molar-refractivity contribution >= 4 is 11.8 Å². The third-order valence-electron chi connectivity index (χ3n) is 5.12. The smallest absolute Gasteiger partial charge is 0.411 e. The number of anilines is 1. The lowest BCUT2D eigenvalue weighted by Gasteiger charge is -2.27. The molecule has 32 heavy (non-hydrogen) atoms. The molecule has 1 atom stereocenters. The Morgan fingerprint density at radius 2 is 1.72 bits per heavy atom. The van der Waals surface area contributed by atoms with E-state index in [4.69, 9.17) is 0 Å². The minimum Gasteiger partial charge on any atom is -0.465 e. The van der Waals surface area contributed by atoms with Crippen LogP contribution in [0.5, 0.6) is 0 Å². The molecule has 1 amide bonds. The highest BCUT2D eigenvalue weighted by molar-refractivity contribution is 5.85. The lowest BCUT2D eigenvalue weighted by Crippen LogP contribution is -2.40. The molecule has 1 unspecified atom stereocenters. The third kappa shape index (κ3) is 5.76. The van der Waals surface area contributed by atoms with Crippen LogP contribution in [0.2, 0.25) is 0 Å². The van der Waals surface area contributed by atoms with Crippen LogP contribution in [-0.2, 0) is 6.54 Å². The predicted octanol–water partition coefficient (Wildman–Crippen LogP) is 3.69. The summed E-state index contributed by atoms with van der Waals surface area (Å²) in [6.07, 6.45) is -0.639. The number of aromatic nitrogens is 2. The number of amides is 1. The summed E-state index contributed by atoms with van der Waals surface area (Å²) >= 11 is 0. The first-order chi connectivity index (χ1) is 15.2. The maximum absolute atomic E-state index is 13.6. The van der Waals surface area contributed by atoms with Crippen molar-refractivity contribution in [2.24, 2.45) is 0 Å². The van der Waals surface area contributed by atoms with E-state index >= 15 is 0 Å². The molecule has 1 aromatic heterocycles. The van der Waals surface area contributed by atoms with Crippen LogP contribution in [-0.4, -0.2) is 52.6 Å². The normalized spacial score (nSPS) is 12.0. The van der Waals surface area contributed by atoms with Crippen molar-refractivity contribution in [3.05, 3.63) is 82.7 Å². The predicted molar refractivity (Wildman–Crippen MR) is 118 cm³/mol. The number of likely N-dealkylation sites (N-methyl/N-ethyl adjacent to an activating group) is 1. The Morgan fingerprint density at radius 3 is 2.31 bits per heavy atom. The van der Waals surface area contributed by atoms with Crippen LogP contribution >= 0.6 is 0 Å². The molecule has 0 radical (unpaired) electrons. The number of hydrogen-bond donors (Lipinski definition) is 1. The summed E-state index contributed by atoms with van der Waals surface area (Å²) in [7, 11) is 3.66. The Kier molecular flexibility index (Phi) is 7.32. The lowest BCUT2D eigenvalue weighted by atomic mass is 10.1. The second kappa shape index (κ2) is 10.1. The molecule has 7 nitrogen and oxygen atoms in total. The fraction of sp³-hybridized carbons (Fsp3) is 0.261. The summed E-state index contributed by atoms with van der Waals surface area (Å²) in [4.78, 5) is 27.3. The number of benzene rings is 2. The highest BCUT2D eigenvalue weighted by Crippen LogP contribution is 2.19. The van der Waals surface area contributed by atoms with Crippen molar-refractivity contribution in [1.82, 2.24) is 14.7 Å². The number of para-hydroxylation sites is 1. The van der Waals surface area contributed by atoms with Gasteiger partial charge in [-0.15, -0.1) is 0 Å². The maximum Gasteiger partial charge on any atom is 0.411 e. The zero-order chi connectivity index (χ0) is 23.3. The van der Waals surface area contributed by atoms with Crippen LogP contribution in [0.4, 0.5) is 19.3 Å². The van der Waals surface area contributed by atoms with Gasteiger partial charge in [-0.05, 0) is 50.8 Å². The van der Waals surface area contributed by atoms with Gasteiger partial charge in [0.05, 0.1) is 12.2 Å². The standard InChI is InChI=1S/C23H24F2N4O3/c1-27(2)20(10-11-28(23(31)32)19-6-4-3-5-7-19)15-29-22(30)9-8-21(26-29)16-12-17(24)14-18(25)13-16/h3-9,12-14,20H,10-11,15H2,1-2H3,(H,31,32). The number of rotatable bonds is 8. The number of nitrogens with zero attached hydrogens (tertiary/aromatic N) is 4. The summed E-state index contributed by atoms with van der Waals surface area (Å²) in [5.41, 5.74) is 0.675. The van der Waals surface area contributed by atoms with Crippen LogP contribution in [0.15, 0.2) is 65.5 Å². The Bertz CT molecular complexity index is 1120. The number of halogens is 2. The molecule has 1 heterocycles. The average molecular weight is 442 g/mol. The van der Waals surface area contributed by atoms with E-state index < -0.39 is 17.7 Å². The van der Waals surface area contributed by atoms with Gasteiger partial charge in [0.25, 0.3) is 5.56 Å². The molecule has 0 bridgehead atoms. The van der Waals surface area contributed by atoms with E-state index in [0.29, 0.717) is 12.1 Å². The molecule has 0 fully saturated rings. The van der Waals surface area contributed by atoms with Crippen LogP contribution < -0.4 is 10.5 Å². The first-order valence-corrected chi connectivity index (χ1v) is 10.0. The van der Waals surface area contributed by atoms with Crippen LogP contribution in [0.1, 0.15) is 6.42 Å². The second-order valence-corrected chi connectivity index (χ2v) is 7.57. The topological polar surface area (TPSA) is 78.7 Å². The first kappa shape index (κ1) is 23.1. The molecule has 1 N–H and O–H groups in total. The van der Waals surface area contributed by atoms with Gasteiger partial charge in [-0.25, -0.2) is 18.3 Å². The van der Waals surface area contributed by atoms with Crippen molar-refractivity contribution in [3.8, 4) is 11.3 Å². The van der Waals surface area contributed by atoms with Crippen molar-refractivity contribution in [2.45, 2.75) is 19.0 Å². The van der Waals surface area contributed by atoms with Crippen LogP contribution in [0.3, 0.4) is 0 Å². The minimum atomic E-state index is -1.07. The van der Waals surface area contributed by atoms with Gasteiger partial charge in [0, 0.05) is 36.0 Å². The Morgan fingerprint density at radius 1 is 1.06 bits per heavy atom. The quantitative estimate of drug-likeness (QED) is 0.576. The monoisotopic (exact) mass is 442 g/mol. The van der Waals surface area contributed by atoms with Crippen molar-refractivity contribution in [2.75, 3.05) is 25.5 Å². The van der Waals surface area contributed by atoms with E-state index in [1.165, 1.54) is 21.7 Å². The van der Waals surface area contributed by atoms with E-state index in [2.05, 4.69) is 5.10 Å². The molecule has 0 saturated heterocycles. The molecule has 3 rings (SSSR count). The zero-order valence-corrected chi connectivity index (χ0v) is 17.8. The fourth-order valence-corrected chi connectivity index (χ4v) is 3.37. The number of hydrogen-bond acceptors (Lipinski definition) is 4. The van der Waals surface area contributed by atoms with Crippen molar-refractivity contribution < 1.29 is 18.7 Å². The summed E-state index contributed by atoms with van der Waals surface area (Å²) < 4.78 is 28.4. The van der Waals surface area contributed by atoms with Gasteiger partial charge in [0.2, 0.25) is 0 Å². The third-order valence-corrected chi connectivity index (χ3v) is 5.12. The van der Waals surface area contributed by atoms with Crippen LogP contribution in [0, 0.1) is 11.6 Å². The first-order valence-electron chi connectivity index (χ1n) is 10.0. The summed E-state index contributed by atoms with van der Waals surface area (Å²) in [5.74, 6) is -1.47. The molecule has 0 saturated carbocycles. The van der Waals surface area contributed by atoms with E-state index in [1.807, 2.05) is 25.1 Å².